The van der Waals surface area contributed by atoms with Gasteiger partial charge in [-0.2, -0.15) is 0 Å². The number of amides is 1. The molecule has 1 amide bonds. The summed E-state index contributed by atoms with van der Waals surface area (Å²) in [7, 11) is -3.77. The molecule has 0 spiro atoms. The van der Waals surface area contributed by atoms with Crippen LogP contribution < -0.4 is 19.7 Å². The van der Waals surface area contributed by atoms with Crippen molar-refractivity contribution in [1.82, 2.24) is 10.2 Å². The summed E-state index contributed by atoms with van der Waals surface area (Å²) < 4.78 is 34.0. The molecule has 5 rings (SSSR count). The summed E-state index contributed by atoms with van der Waals surface area (Å²) >= 11 is 0. The Morgan fingerprint density at radius 2 is 1.86 bits per heavy atom. The zero-order chi connectivity index (χ0) is 20.0. The molecule has 3 heterocycles. The monoisotopic (exact) mass is 414 g/mol. The summed E-state index contributed by atoms with van der Waals surface area (Å²) in [6, 6.07) is 12.3. The third kappa shape index (κ3) is 3.15. The summed E-state index contributed by atoms with van der Waals surface area (Å²) in [6.45, 7) is 3.85. The van der Waals surface area contributed by atoms with Crippen LogP contribution in [0.25, 0.3) is 0 Å². The van der Waals surface area contributed by atoms with E-state index in [1.54, 1.807) is 6.07 Å². The molecule has 1 saturated heterocycles. The number of para-hydroxylation sites is 1. The first-order chi connectivity index (χ1) is 14.0. The zero-order valence-electron chi connectivity index (χ0n) is 15.8. The molecule has 2 aromatic rings. The quantitative estimate of drug-likeness (QED) is 0.784. The molecule has 3 aliphatic rings. The molecule has 29 heavy (non-hydrogen) atoms. The van der Waals surface area contributed by atoms with E-state index in [1.165, 1.54) is 16.4 Å². The SMILES string of the molecule is O=C1COc2cc(S(=O)(=O)N3CC(N4CCNCC4)c4ccccc43)ccc2N1. The predicted octanol–water partition coefficient (Wildman–Crippen LogP) is 1.17. The van der Waals surface area contributed by atoms with Crippen molar-refractivity contribution in [1.29, 1.82) is 0 Å². The number of sulfonamides is 1. The van der Waals surface area contributed by atoms with Crippen molar-refractivity contribution in [3.05, 3.63) is 48.0 Å². The Balaban J connectivity index is 1.50. The molecule has 9 heteroatoms. The molecule has 152 valence electrons. The third-order valence-electron chi connectivity index (χ3n) is 5.67. The van der Waals surface area contributed by atoms with Crippen LogP contribution in [-0.2, 0) is 14.8 Å². The van der Waals surface area contributed by atoms with Crippen LogP contribution >= 0.6 is 0 Å². The van der Waals surface area contributed by atoms with Crippen molar-refractivity contribution in [2.75, 3.05) is 49.0 Å². The van der Waals surface area contributed by atoms with Crippen LogP contribution in [0.1, 0.15) is 11.6 Å². The first-order valence-electron chi connectivity index (χ1n) is 9.67. The van der Waals surface area contributed by atoms with E-state index in [0.29, 0.717) is 18.0 Å². The molecular weight excluding hydrogens is 392 g/mol. The van der Waals surface area contributed by atoms with Gasteiger partial charge in [0, 0.05) is 32.2 Å². The number of benzene rings is 2. The van der Waals surface area contributed by atoms with Crippen LogP contribution in [0.5, 0.6) is 5.75 Å². The van der Waals surface area contributed by atoms with Crippen molar-refractivity contribution in [3.63, 3.8) is 0 Å². The van der Waals surface area contributed by atoms with Gasteiger partial charge in [-0.3, -0.25) is 14.0 Å². The van der Waals surface area contributed by atoms with E-state index in [-0.39, 0.29) is 23.5 Å². The van der Waals surface area contributed by atoms with E-state index in [1.807, 2.05) is 24.3 Å². The van der Waals surface area contributed by atoms with E-state index in [0.717, 1.165) is 37.4 Å². The average Bonchev–Trinajstić information content (AvgIpc) is 3.14. The molecule has 0 aliphatic carbocycles. The largest absolute Gasteiger partial charge is 0.482 e. The standard InChI is InChI=1S/C20H22N4O4S/c25-20-13-28-19-11-14(5-6-16(19)22-20)29(26,27)24-12-18(23-9-7-21-8-10-23)15-3-1-2-4-17(15)24/h1-6,11,18,21H,7-10,12-13H2,(H,22,25). The number of anilines is 2. The van der Waals surface area contributed by atoms with Crippen molar-refractivity contribution in [3.8, 4) is 5.75 Å². The maximum Gasteiger partial charge on any atom is 0.264 e. The molecule has 2 N–H and O–H groups in total. The number of rotatable bonds is 3. The topological polar surface area (TPSA) is 91.0 Å². The summed E-state index contributed by atoms with van der Waals surface area (Å²) in [5.41, 5.74) is 2.25. The van der Waals surface area contributed by atoms with Gasteiger partial charge in [0.1, 0.15) is 5.75 Å². The van der Waals surface area contributed by atoms with Crippen LogP contribution in [0.2, 0.25) is 0 Å². The fourth-order valence-electron chi connectivity index (χ4n) is 4.23. The second-order valence-corrected chi connectivity index (χ2v) is 9.25. The molecule has 3 aliphatic heterocycles. The molecule has 0 bridgehead atoms. The number of nitrogens with one attached hydrogen (secondary N) is 2. The van der Waals surface area contributed by atoms with E-state index in [2.05, 4.69) is 15.5 Å². The molecule has 1 fully saturated rings. The van der Waals surface area contributed by atoms with Crippen LogP contribution in [0.3, 0.4) is 0 Å². The fraction of sp³-hybridized carbons (Fsp3) is 0.350. The smallest absolute Gasteiger partial charge is 0.264 e. The number of fused-ring (bicyclic) bond motifs is 2. The van der Waals surface area contributed by atoms with Crippen LogP contribution in [0, 0.1) is 0 Å². The second kappa shape index (κ2) is 7.01. The summed E-state index contributed by atoms with van der Waals surface area (Å²) in [5.74, 6) is 0.122. The van der Waals surface area contributed by atoms with Gasteiger partial charge >= 0.3 is 0 Å². The van der Waals surface area contributed by atoms with E-state index < -0.39 is 10.0 Å². The van der Waals surface area contributed by atoms with Crippen LogP contribution in [0.4, 0.5) is 11.4 Å². The maximum atomic E-state index is 13.5. The first kappa shape index (κ1) is 18.4. The lowest BCUT2D eigenvalue weighted by Gasteiger charge is -2.33. The molecule has 8 nitrogen and oxygen atoms in total. The predicted molar refractivity (Wildman–Crippen MR) is 109 cm³/mol. The van der Waals surface area contributed by atoms with E-state index in [4.69, 9.17) is 4.74 Å². The van der Waals surface area contributed by atoms with Crippen molar-refractivity contribution >= 4 is 27.3 Å². The minimum absolute atomic E-state index is 0.0382. The van der Waals surface area contributed by atoms with Crippen LogP contribution in [0.15, 0.2) is 47.4 Å². The molecular formula is C20H22N4O4S. The number of carbonyl (C=O) groups excluding carboxylic acids is 1. The highest BCUT2D eigenvalue weighted by atomic mass is 32.2. The lowest BCUT2D eigenvalue weighted by atomic mass is 10.1. The Morgan fingerprint density at radius 3 is 2.69 bits per heavy atom. The summed E-state index contributed by atoms with van der Waals surface area (Å²) in [4.78, 5) is 14.0. The molecule has 0 radical (unpaired) electrons. The number of hydrogen-bond donors (Lipinski definition) is 2. The second-order valence-electron chi connectivity index (χ2n) is 7.39. The molecule has 1 unspecified atom stereocenters. The average molecular weight is 414 g/mol. The third-order valence-corrected chi connectivity index (χ3v) is 7.45. The van der Waals surface area contributed by atoms with Gasteiger partial charge in [0.15, 0.2) is 6.61 Å². The number of hydrogen-bond acceptors (Lipinski definition) is 6. The van der Waals surface area contributed by atoms with Crippen molar-refractivity contribution < 1.29 is 17.9 Å². The van der Waals surface area contributed by atoms with Gasteiger partial charge in [-0.05, 0) is 23.8 Å². The van der Waals surface area contributed by atoms with Crippen LogP contribution in [-0.4, -0.2) is 58.6 Å². The Labute approximate surface area is 169 Å². The van der Waals surface area contributed by atoms with Gasteiger partial charge in [-0.1, -0.05) is 18.2 Å². The molecule has 0 aromatic heterocycles. The molecule has 2 aromatic carbocycles. The highest BCUT2D eigenvalue weighted by molar-refractivity contribution is 7.92. The molecule has 0 saturated carbocycles. The van der Waals surface area contributed by atoms with Gasteiger partial charge in [0.05, 0.1) is 28.9 Å². The van der Waals surface area contributed by atoms with Crippen molar-refractivity contribution in [2.45, 2.75) is 10.9 Å². The zero-order valence-corrected chi connectivity index (χ0v) is 16.6. The number of carbonyl (C=O) groups is 1. The van der Waals surface area contributed by atoms with Gasteiger partial charge in [0.25, 0.3) is 15.9 Å². The van der Waals surface area contributed by atoms with Gasteiger partial charge in [-0.15, -0.1) is 0 Å². The summed E-state index contributed by atoms with van der Waals surface area (Å²) in [6.07, 6.45) is 0. The normalized spacial score (nSPS) is 21.9. The van der Waals surface area contributed by atoms with Gasteiger partial charge < -0.3 is 15.4 Å². The number of ether oxygens (including phenoxy) is 1. The highest BCUT2D eigenvalue weighted by Crippen LogP contribution is 2.42. The lowest BCUT2D eigenvalue weighted by Crippen LogP contribution is -2.46. The fourth-order valence-corrected chi connectivity index (χ4v) is 5.74. The number of nitrogens with zero attached hydrogens (tertiary/aromatic N) is 2. The minimum atomic E-state index is -3.77. The maximum absolute atomic E-state index is 13.5. The Kier molecular flexibility index (Phi) is 4.45. The minimum Gasteiger partial charge on any atom is -0.482 e. The number of piperazine rings is 1. The summed E-state index contributed by atoms with van der Waals surface area (Å²) in [5, 5.41) is 6.03. The van der Waals surface area contributed by atoms with Gasteiger partial charge in [0.2, 0.25) is 0 Å². The van der Waals surface area contributed by atoms with E-state index in [9.17, 15) is 13.2 Å². The highest BCUT2D eigenvalue weighted by Gasteiger charge is 2.39. The lowest BCUT2D eigenvalue weighted by molar-refractivity contribution is -0.118. The van der Waals surface area contributed by atoms with E-state index >= 15 is 0 Å². The van der Waals surface area contributed by atoms with Crippen molar-refractivity contribution in [2.24, 2.45) is 0 Å². The first-order valence-corrected chi connectivity index (χ1v) is 11.1. The Bertz CT molecular complexity index is 1070. The Morgan fingerprint density at radius 1 is 1.07 bits per heavy atom. The molecule has 1 atom stereocenters. The van der Waals surface area contributed by atoms with Gasteiger partial charge in [-0.25, -0.2) is 8.42 Å². The Hall–Kier alpha value is -2.62.